The van der Waals surface area contributed by atoms with Crippen LogP contribution in [0, 0.1) is 0 Å². The Morgan fingerprint density at radius 2 is 0.836 bits per heavy atom. The van der Waals surface area contributed by atoms with E-state index in [4.69, 9.17) is 18.8 Å². The fourth-order valence-electron chi connectivity index (χ4n) is 5.24. The van der Waals surface area contributed by atoms with Crippen molar-refractivity contribution in [1.29, 1.82) is 0 Å². The zero-order valence-corrected chi connectivity index (χ0v) is 38.9. The molecule has 0 radical (unpaired) electrons. The van der Waals surface area contributed by atoms with Gasteiger partial charge in [0.15, 0.2) is 17.3 Å². The Morgan fingerprint density at radius 1 is 0.492 bits per heavy atom. The van der Waals surface area contributed by atoms with Crippen LogP contribution in [-0.4, -0.2) is 79.9 Å². The van der Waals surface area contributed by atoms with E-state index in [0.717, 1.165) is 31.4 Å². The predicted molar refractivity (Wildman–Crippen MR) is 212 cm³/mol. The van der Waals surface area contributed by atoms with E-state index >= 15 is 0 Å². The number of ketones is 3. The standard InChI is InChI=1S/2C14H12O6S.C14H12O3.2Na.H/c2*1-20-12-8-11(15)10(7-13(12)21(17,18)19)14(16)9-5-3-2-4-6-9;1-17-11-7-8-12(13(15)9-11)14(16)10-5-3-2-4-6-10;;;/h2*2-8,15H,1H3,(H,17,18,19);2-9,15H,1H3;;;/q;;;2*+1;-1/p-1. The molecule has 0 bridgehead atoms. The average Bonchev–Trinajstić information content (AvgIpc) is 3.23. The minimum atomic E-state index is -4.84. The van der Waals surface area contributed by atoms with E-state index in [1.165, 1.54) is 44.6 Å². The van der Waals surface area contributed by atoms with Crippen molar-refractivity contribution < 1.29 is 130 Å². The summed E-state index contributed by atoms with van der Waals surface area (Å²) in [5.74, 6) is -2.38. The largest absolute Gasteiger partial charge is 1.00 e. The molecular weight excluding hydrogens is 855 g/mol. The Bertz CT molecular complexity index is 2570. The first kappa shape index (κ1) is 52.1. The number of carbonyl (C=O) groups is 3. The molecule has 6 rings (SSSR count). The molecule has 4 N–H and O–H groups in total. The van der Waals surface area contributed by atoms with Crippen LogP contribution in [0.5, 0.6) is 34.5 Å². The first-order chi connectivity index (χ1) is 27.9. The van der Waals surface area contributed by atoms with E-state index in [-0.39, 0.29) is 111 Å². The Hall–Kier alpha value is -5.05. The second kappa shape index (κ2) is 23.2. The van der Waals surface area contributed by atoms with Crippen molar-refractivity contribution in [2.75, 3.05) is 21.3 Å². The number of benzene rings is 6. The fourth-order valence-corrected chi connectivity index (χ4v) is 6.56. The van der Waals surface area contributed by atoms with Gasteiger partial charge >= 0.3 is 59.1 Å². The molecule has 0 fully saturated rings. The number of hydrogen-bond donors (Lipinski definition) is 4. The summed E-state index contributed by atoms with van der Waals surface area (Å²) >= 11 is 0. The van der Waals surface area contributed by atoms with E-state index in [1.807, 2.05) is 6.07 Å². The van der Waals surface area contributed by atoms with Gasteiger partial charge in [-0.15, -0.1) is 0 Å². The molecule has 6 aromatic carbocycles. The predicted octanol–water partition coefficient (Wildman–Crippen LogP) is 0.167. The van der Waals surface area contributed by atoms with Crippen LogP contribution in [0.4, 0.5) is 0 Å². The molecule has 19 heteroatoms. The van der Waals surface area contributed by atoms with Crippen molar-refractivity contribution in [3.8, 4) is 34.5 Å². The maximum atomic E-state index is 12.3. The molecule has 0 aliphatic rings. The summed E-state index contributed by atoms with van der Waals surface area (Å²) < 4.78 is 79.9. The van der Waals surface area contributed by atoms with Gasteiger partial charge in [0.2, 0.25) is 0 Å². The molecule has 0 saturated heterocycles. The van der Waals surface area contributed by atoms with Crippen molar-refractivity contribution >= 4 is 37.6 Å². The van der Waals surface area contributed by atoms with Gasteiger partial charge < -0.3 is 35.5 Å². The van der Waals surface area contributed by atoms with Gasteiger partial charge in [-0.25, -0.2) is 8.42 Å². The van der Waals surface area contributed by atoms with Gasteiger partial charge in [-0.05, 0) is 24.3 Å². The zero-order chi connectivity index (χ0) is 43.5. The molecule has 15 nitrogen and oxygen atoms in total. The Balaban J connectivity index is 0.000000457. The number of aromatic hydroxyl groups is 3. The second-order valence-corrected chi connectivity index (χ2v) is 14.7. The van der Waals surface area contributed by atoms with Gasteiger partial charge in [0.25, 0.3) is 10.1 Å². The third kappa shape index (κ3) is 13.7. The van der Waals surface area contributed by atoms with Crippen LogP contribution in [0.25, 0.3) is 0 Å². The van der Waals surface area contributed by atoms with E-state index < -0.39 is 53.1 Å². The van der Waals surface area contributed by atoms with Crippen LogP contribution in [-0.2, 0) is 20.2 Å². The molecule has 6 aromatic rings. The van der Waals surface area contributed by atoms with Crippen LogP contribution in [0.15, 0.2) is 143 Å². The molecule has 0 amide bonds. The Labute approximate surface area is 397 Å². The topological polar surface area (TPSA) is 251 Å². The summed E-state index contributed by atoms with van der Waals surface area (Å²) in [5, 5.41) is 29.5. The minimum Gasteiger partial charge on any atom is -1.00 e. The molecule has 0 unspecified atom stereocenters. The normalized spacial score (nSPS) is 10.4. The van der Waals surface area contributed by atoms with Crippen molar-refractivity contribution in [2.24, 2.45) is 0 Å². The minimum absolute atomic E-state index is 0. The molecular formula is C42H36Na2O15S2. The van der Waals surface area contributed by atoms with Gasteiger partial charge in [-0.1, -0.05) is 91.0 Å². The second-order valence-electron chi connectivity index (χ2n) is 11.9. The summed E-state index contributed by atoms with van der Waals surface area (Å²) in [6, 6.07) is 33.1. The van der Waals surface area contributed by atoms with Gasteiger partial charge in [-0.2, -0.15) is 8.42 Å². The maximum Gasteiger partial charge on any atom is 1.00 e. The maximum absolute atomic E-state index is 12.3. The molecule has 0 aliphatic heterocycles. The number of rotatable bonds is 11. The van der Waals surface area contributed by atoms with E-state index in [2.05, 4.69) is 0 Å². The van der Waals surface area contributed by atoms with E-state index in [9.17, 15) is 51.1 Å². The smallest absolute Gasteiger partial charge is 1.00 e. The number of hydrogen-bond acceptors (Lipinski definition) is 14. The Kier molecular flexibility index (Phi) is 19.8. The molecule has 0 heterocycles. The summed E-state index contributed by atoms with van der Waals surface area (Å²) in [6.07, 6.45) is 0. The molecule has 0 spiro atoms. The van der Waals surface area contributed by atoms with Crippen molar-refractivity contribution in [3.05, 3.63) is 167 Å². The summed E-state index contributed by atoms with van der Waals surface area (Å²) in [7, 11) is -5.58. The Morgan fingerprint density at radius 3 is 1.16 bits per heavy atom. The average molecular weight is 891 g/mol. The monoisotopic (exact) mass is 890 g/mol. The first-order valence-corrected chi connectivity index (χ1v) is 19.7. The number of methoxy groups -OCH3 is 3. The molecule has 0 aromatic heterocycles. The molecule has 0 atom stereocenters. The van der Waals surface area contributed by atoms with Crippen molar-refractivity contribution in [1.82, 2.24) is 0 Å². The van der Waals surface area contributed by atoms with Crippen LogP contribution in [0.3, 0.4) is 0 Å². The fraction of sp³-hybridized carbons (Fsp3) is 0.0714. The summed E-state index contributed by atoms with van der Waals surface area (Å²) in [6.45, 7) is 0. The summed E-state index contributed by atoms with van der Waals surface area (Å²) in [5.41, 5.74) is 0.836. The third-order valence-corrected chi connectivity index (χ3v) is 9.89. The van der Waals surface area contributed by atoms with Gasteiger partial charge in [0.05, 0.1) is 42.9 Å². The van der Waals surface area contributed by atoms with Crippen molar-refractivity contribution in [3.63, 3.8) is 0 Å². The third-order valence-electron chi connectivity index (χ3n) is 8.16. The number of ether oxygens (including phenoxy) is 3. The zero-order valence-electron chi connectivity index (χ0n) is 34.3. The van der Waals surface area contributed by atoms with Crippen LogP contribution >= 0.6 is 0 Å². The number of carbonyl (C=O) groups excluding carboxylic acids is 3. The van der Waals surface area contributed by atoms with Gasteiger partial charge in [0, 0.05) is 34.9 Å². The SMILES string of the molecule is COc1cc(O)c(C(=O)c2ccccc2)cc1S(=O)(=O)O.COc1cc(O)c(C(=O)c2ccccc2)cc1S(=O)(=O)[O-].COc1ccc(C(=O)c2ccccc2)c(O)c1.[H-].[Na+].[Na+]. The molecule has 0 saturated carbocycles. The van der Waals surface area contributed by atoms with Gasteiger partial charge in [-0.3, -0.25) is 18.9 Å². The van der Waals surface area contributed by atoms with Gasteiger partial charge in [0.1, 0.15) is 49.5 Å². The van der Waals surface area contributed by atoms with E-state index in [1.54, 1.807) is 72.8 Å². The van der Waals surface area contributed by atoms with Crippen molar-refractivity contribution in [2.45, 2.75) is 9.79 Å². The first-order valence-electron chi connectivity index (χ1n) is 16.8. The quantitative estimate of drug-likeness (QED) is 0.0769. The molecule has 308 valence electrons. The van der Waals surface area contributed by atoms with Crippen LogP contribution in [0.2, 0.25) is 0 Å². The number of phenols is 3. The number of phenolic OH excluding ortho intramolecular Hbond substituents is 3. The summed E-state index contributed by atoms with van der Waals surface area (Å²) in [4.78, 5) is 35.3. The molecule has 0 aliphatic carbocycles. The van der Waals surface area contributed by atoms with Crippen LogP contribution in [0.1, 0.15) is 49.2 Å². The molecule has 61 heavy (non-hydrogen) atoms. The van der Waals surface area contributed by atoms with Crippen LogP contribution < -0.4 is 73.3 Å². The van der Waals surface area contributed by atoms with E-state index in [0.29, 0.717) is 11.3 Å².